The number of halogens is 4. The number of alkyl halides is 3. The quantitative estimate of drug-likeness (QED) is 0.809. The summed E-state index contributed by atoms with van der Waals surface area (Å²) in [5, 5.41) is 0.604. The number of nitrogens with zero attached hydrogens (tertiary/aromatic N) is 2. The number of carbonyl (C=O) groups excluding carboxylic acids is 1. The molecule has 0 aliphatic carbocycles. The van der Waals surface area contributed by atoms with Crippen LogP contribution in [-0.2, 0) is 6.18 Å². The zero-order chi connectivity index (χ0) is 18.4. The summed E-state index contributed by atoms with van der Waals surface area (Å²) in [7, 11) is 0. The average molecular weight is 408 g/mol. The normalized spacial score (nSPS) is 17.2. The highest BCUT2D eigenvalue weighted by Crippen LogP contribution is 2.35. The Labute approximate surface area is 160 Å². The summed E-state index contributed by atoms with van der Waals surface area (Å²) in [5.41, 5.74) is 5.69. The fourth-order valence-electron chi connectivity index (χ4n) is 3.23. The highest BCUT2D eigenvalue weighted by molar-refractivity contribution is 7.20. The maximum absolute atomic E-state index is 12.8. The number of rotatable bonds is 2. The van der Waals surface area contributed by atoms with Gasteiger partial charge in [0.25, 0.3) is 5.91 Å². The van der Waals surface area contributed by atoms with Crippen molar-refractivity contribution in [2.75, 3.05) is 13.1 Å². The molecule has 2 aromatic rings. The monoisotopic (exact) mass is 407 g/mol. The van der Waals surface area contributed by atoms with Crippen LogP contribution in [0.2, 0.25) is 0 Å². The molecular formula is C17H21ClF3N3OS. The average Bonchev–Trinajstić information content (AvgIpc) is 2.90. The third-order valence-electron chi connectivity index (χ3n) is 4.86. The van der Waals surface area contributed by atoms with Crippen LogP contribution in [0, 0.1) is 12.8 Å². The van der Waals surface area contributed by atoms with E-state index >= 15 is 0 Å². The van der Waals surface area contributed by atoms with Crippen LogP contribution < -0.4 is 5.73 Å². The van der Waals surface area contributed by atoms with Gasteiger partial charge in [-0.2, -0.15) is 13.2 Å². The summed E-state index contributed by atoms with van der Waals surface area (Å²) in [6.45, 7) is 4.98. The number of amides is 1. The molecule has 0 bridgehead atoms. The van der Waals surface area contributed by atoms with Gasteiger partial charge < -0.3 is 10.6 Å². The second kappa shape index (κ2) is 7.70. The first-order valence-electron chi connectivity index (χ1n) is 8.20. The number of aryl methyl sites for hydroxylation is 1. The van der Waals surface area contributed by atoms with E-state index in [1.165, 1.54) is 6.07 Å². The molecule has 3 heterocycles. The molecule has 1 saturated heterocycles. The van der Waals surface area contributed by atoms with Gasteiger partial charge >= 0.3 is 6.18 Å². The molecule has 1 atom stereocenters. The van der Waals surface area contributed by atoms with Crippen LogP contribution in [0.5, 0.6) is 0 Å². The number of hydrogen-bond donors (Lipinski definition) is 1. The van der Waals surface area contributed by atoms with Crippen LogP contribution in [0.1, 0.15) is 40.7 Å². The molecule has 1 aliphatic rings. The Morgan fingerprint density at radius 1 is 1.35 bits per heavy atom. The minimum Gasteiger partial charge on any atom is -0.338 e. The number of pyridine rings is 1. The van der Waals surface area contributed by atoms with Crippen LogP contribution >= 0.6 is 23.7 Å². The second-order valence-corrected chi connectivity index (χ2v) is 7.59. The number of hydrogen-bond acceptors (Lipinski definition) is 4. The summed E-state index contributed by atoms with van der Waals surface area (Å²) in [4.78, 5) is 19.0. The van der Waals surface area contributed by atoms with Crippen molar-refractivity contribution < 1.29 is 18.0 Å². The third kappa shape index (κ3) is 3.97. The van der Waals surface area contributed by atoms with Gasteiger partial charge in [0.2, 0.25) is 0 Å². The van der Waals surface area contributed by atoms with Crippen LogP contribution in [0.4, 0.5) is 13.2 Å². The number of nitrogens with two attached hydrogens (primary N) is 1. The lowest BCUT2D eigenvalue weighted by Crippen LogP contribution is -2.42. The molecule has 9 heteroatoms. The first-order chi connectivity index (χ1) is 11.7. The molecule has 4 nitrogen and oxygen atoms in total. The minimum absolute atomic E-state index is 0. The minimum atomic E-state index is -4.49. The van der Waals surface area contributed by atoms with E-state index in [1.807, 2.05) is 6.92 Å². The highest BCUT2D eigenvalue weighted by atomic mass is 35.5. The van der Waals surface area contributed by atoms with Gasteiger partial charge in [-0.05, 0) is 50.3 Å². The Kier molecular flexibility index (Phi) is 6.20. The van der Waals surface area contributed by atoms with Crippen molar-refractivity contribution in [3.63, 3.8) is 0 Å². The number of aromatic nitrogens is 1. The van der Waals surface area contributed by atoms with Gasteiger partial charge in [-0.3, -0.25) is 4.79 Å². The summed E-state index contributed by atoms with van der Waals surface area (Å²) >= 11 is 1.04. The zero-order valence-corrected chi connectivity index (χ0v) is 16.1. The van der Waals surface area contributed by atoms with Gasteiger partial charge in [0.1, 0.15) is 10.5 Å². The molecule has 2 N–H and O–H groups in total. The molecule has 1 aliphatic heterocycles. The van der Waals surface area contributed by atoms with Crippen molar-refractivity contribution in [1.82, 2.24) is 9.88 Å². The first-order valence-corrected chi connectivity index (χ1v) is 9.02. The Morgan fingerprint density at radius 2 is 1.96 bits per heavy atom. The molecule has 2 aromatic heterocycles. The SMILES string of the molecule is Cc1c(C(=O)N2CCC(C(C)N)CC2)sc2nc(C(F)(F)F)ccc12.Cl. The largest absolute Gasteiger partial charge is 0.433 e. The van der Waals surface area contributed by atoms with Gasteiger partial charge in [0.15, 0.2) is 0 Å². The molecule has 1 fully saturated rings. The predicted octanol–water partition coefficient (Wildman–Crippen LogP) is 4.24. The topological polar surface area (TPSA) is 59.2 Å². The first kappa shape index (κ1) is 20.9. The van der Waals surface area contributed by atoms with E-state index < -0.39 is 11.9 Å². The third-order valence-corrected chi connectivity index (χ3v) is 6.05. The summed E-state index contributed by atoms with van der Waals surface area (Å²) in [5.74, 6) is 0.278. The standard InChI is InChI=1S/C17H20F3N3OS.ClH/c1-9-12-3-4-13(17(18,19)20)22-15(12)25-14(9)16(24)23-7-5-11(6-8-23)10(2)21;/h3-4,10-11H,5-8,21H2,1-2H3;1H. The summed E-state index contributed by atoms with van der Waals surface area (Å²) < 4.78 is 38.5. The van der Waals surface area contributed by atoms with E-state index in [2.05, 4.69) is 4.98 Å². The second-order valence-electron chi connectivity index (χ2n) is 6.59. The fraction of sp³-hybridized carbons (Fsp3) is 0.529. The van der Waals surface area contributed by atoms with Crippen molar-refractivity contribution in [2.45, 2.75) is 38.9 Å². The molecule has 144 valence electrons. The van der Waals surface area contributed by atoms with Crippen molar-refractivity contribution >= 4 is 39.9 Å². The van der Waals surface area contributed by atoms with E-state index in [9.17, 15) is 18.0 Å². The van der Waals surface area contributed by atoms with Crippen molar-refractivity contribution in [2.24, 2.45) is 11.7 Å². The molecule has 26 heavy (non-hydrogen) atoms. The predicted molar refractivity (Wildman–Crippen MR) is 98.9 cm³/mol. The summed E-state index contributed by atoms with van der Waals surface area (Å²) in [6, 6.07) is 2.47. The lowest BCUT2D eigenvalue weighted by atomic mass is 9.91. The molecule has 0 saturated carbocycles. The fourth-order valence-corrected chi connectivity index (χ4v) is 4.38. The Morgan fingerprint density at radius 3 is 2.50 bits per heavy atom. The summed E-state index contributed by atoms with van der Waals surface area (Å²) in [6.07, 6.45) is -2.79. The highest BCUT2D eigenvalue weighted by Gasteiger charge is 2.33. The van der Waals surface area contributed by atoms with Crippen molar-refractivity contribution in [3.8, 4) is 0 Å². The van der Waals surface area contributed by atoms with Gasteiger partial charge in [-0.15, -0.1) is 23.7 Å². The number of carbonyl (C=O) groups is 1. The molecular weight excluding hydrogens is 387 g/mol. The maximum atomic E-state index is 12.8. The number of thiophene rings is 1. The van der Waals surface area contributed by atoms with Crippen molar-refractivity contribution in [3.05, 3.63) is 28.3 Å². The molecule has 0 radical (unpaired) electrons. The Bertz CT molecular complexity index is 798. The number of likely N-dealkylation sites (tertiary alicyclic amines) is 1. The number of piperidine rings is 1. The van der Waals surface area contributed by atoms with E-state index in [4.69, 9.17) is 5.73 Å². The molecule has 0 spiro atoms. The van der Waals surface area contributed by atoms with Crippen LogP contribution in [0.3, 0.4) is 0 Å². The van der Waals surface area contributed by atoms with Gasteiger partial charge in [0.05, 0.1) is 4.88 Å². The zero-order valence-electron chi connectivity index (χ0n) is 14.5. The Balaban J connectivity index is 0.00000243. The lowest BCUT2D eigenvalue weighted by Gasteiger charge is -2.33. The van der Waals surface area contributed by atoms with Gasteiger partial charge in [0, 0.05) is 24.5 Å². The smallest absolute Gasteiger partial charge is 0.338 e. The van der Waals surface area contributed by atoms with Crippen molar-refractivity contribution in [1.29, 1.82) is 0 Å². The van der Waals surface area contributed by atoms with Crippen LogP contribution in [-0.4, -0.2) is 34.9 Å². The lowest BCUT2D eigenvalue weighted by molar-refractivity contribution is -0.140. The van der Waals surface area contributed by atoms with E-state index in [1.54, 1.807) is 11.8 Å². The molecule has 1 unspecified atom stereocenters. The van der Waals surface area contributed by atoms with E-state index in [-0.39, 0.29) is 29.2 Å². The van der Waals surface area contributed by atoms with Crippen LogP contribution in [0.15, 0.2) is 12.1 Å². The molecule has 3 rings (SSSR count). The maximum Gasteiger partial charge on any atom is 0.433 e. The van der Waals surface area contributed by atoms with Crippen LogP contribution in [0.25, 0.3) is 10.2 Å². The molecule has 1 amide bonds. The van der Waals surface area contributed by atoms with E-state index in [0.717, 1.165) is 30.2 Å². The Hall–Kier alpha value is -1.38. The number of fused-ring (bicyclic) bond motifs is 1. The van der Waals surface area contributed by atoms with Gasteiger partial charge in [-0.25, -0.2) is 4.98 Å². The van der Waals surface area contributed by atoms with E-state index in [0.29, 0.717) is 34.8 Å². The van der Waals surface area contributed by atoms with Gasteiger partial charge in [-0.1, -0.05) is 0 Å². The molecule has 0 aromatic carbocycles.